The van der Waals surface area contributed by atoms with Crippen LogP contribution in [0.2, 0.25) is 0 Å². The first-order valence-electron chi connectivity index (χ1n) is 6.64. The average molecular weight is 289 g/mol. The average Bonchev–Trinajstić information content (AvgIpc) is 3.01. The van der Waals surface area contributed by atoms with Crippen LogP contribution in [0.4, 0.5) is 5.69 Å². The fraction of sp³-hybridized carbons (Fsp3) is 0.333. The van der Waals surface area contributed by atoms with Gasteiger partial charge in [-0.15, -0.1) is 11.3 Å². The Morgan fingerprint density at radius 2 is 2.10 bits per heavy atom. The molecule has 0 saturated carbocycles. The minimum Gasteiger partial charge on any atom is -0.325 e. The molecule has 106 valence electrons. The van der Waals surface area contributed by atoms with Gasteiger partial charge in [0.2, 0.25) is 5.91 Å². The van der Waals surface area contributed by atoms with Crippen LogP contribution in [0.5, 0.6) is 0 Å². The Balaban J connectivity index is 1.92. The molecule has 0 saturated heterocycles. The van der Waals surface area contributed by atoms with Gasteiger partial charge in [0.25, 0.3) is 0 Å². The summed E-state index contributed by atoms with van der Waals surface area (Å²) < 4.78 is 0. The summed E-state index contributed by atoms with van der Waals surface area (Å²) >= 11 is 1.60. The van der Waals surface area contributed by atoms with Crippen molar-refractivity contribution in [2.45, 2.75) is 25.8 Å². The van der Waals surface area contributed by atoms with E-state index in [2.05, 4.69) is 29.5 Å². The SMILES string of the molecule is CC[C@](C)(NCC(=O)Nc1ccccc1)c1nccs1. The van der Waals surface area contributed by atoms with Gasteiger partial charge in [0.1, 0.15) is 5.01 Å². The fourth-order valence-electron chi connectivity index (χ4n) is 1.85. The van der Waals surface area contributed by atoms with Crippen molar-refractivity contribution in [1.82, 2.24) is 10.3 Å². The number of rotatable bonds is 6. The Bertz CT molecular complexity index is 542. The number of nitrogens with one attached hydrogen (secondary N) is 2. The Labute approximate surface area is 123 Å². The van der Waals surface area contributed by atoms with Crippen molar-refractivity contribution in [3.8, 4) is 0 Å². The van der Waals surface area contributed by atoms with Gasteiger partial charge in [-0.2, -0.15) is 0 Å². The predicted octanol–water partition coefficient (Wildman–Crippen LogP) is 3.00. The van der Waals surface area contributed by atoms with E-state index in [-0.39, 0.29) is 18.0 Å². The molecule has 2 N–H and O–H groups in total. The Morgan fingerprint density at radius 3 is 2.70 bits per heavy atom. The minimum atomic E-state index is -0.262. The molecular formula is C15H19N3OS. The zero-order valence-corrected chi connectivity index (χ0v) is 12.5. The molecule has 1 aromatic carbocycles. The number of nitrogens with zero attached hydrogens (tertiary/aromatic N) is 1. The fourth-order valence-corrected chi connectivity index (χ4v) is 2.70. The van der Waals surface area contributed by atoms with Gasteiger partial charge in [-0.3, -0.25) is 10.1 Å². The van der Waals surface area contributed by atoms with Crippen LogP contribution in [0, 0.1) is 0 Å². The van der Waals surface area contributed by atoms with Gasteiger partial charge in [-0.05, 0) is 25.5 Å². The zero-order chi connectivity index (χ0) is 14.4. The van der Waals surface area contributed by atoms with Gasteiger partial charge in [0.05, 0.1) is 12.1 Å². The number of anilines is 1. The summed E-state index contributed by atoms with van der Waals surface area (Å²) in [5.41, 5.74) is 0.550. The van der Waals surface area contributed by atoms with Gasteiger partial charge in [0, 0.05) is 17.3 Å². The number of benzene rings is 1. The Kier molecular flexibility index (Phi) is 4.87. The molecule has 4 nitrogen and oxygen atoms in total. The summed E-state index contributed by atoms with van der Waals surface area (Å²) in [6.07, 6.45) is 2.67. The van der Waals surface area contributed by atoms with Crippen LogP contribution < -0.4 is 10.6 Å². The van der Waals surface area contributed by atoms with Crippen LogP contribution in [0.15, 0.2) is 41.9 Å². The second kappa shape index (κ2) is 6.63. The Hall–Kier alpha value is -1.72. The van der Waals surface area contributed by atoms with Crippen LogP contribution >= 0.6 is 11.3 Å². The number of hydrogen-bond donors (Lipinski definition) is 2. The van der Waals surface area contributed by atoms with Crippen molar-refractivity contribution in [1.29, 1.82) is 0 Å². The number of thiazole rings is 1. The van der Waals surface area contributed by atoms with Gasteiger partial charge in [-0.1, -0.05) is 25.1 Å². The van der Waals surface area contributed by atoms with E-state index in [0.29, 0.717) is 0 Å². The molecule has 0 bridgehead atoms. The molecule has 1 heterocycles. The standard InChI is InChI=1S/C15H19N3OS/c1-3-15(2,14-16-9-10-20-14)17-11-13(19)18-12-7-5-4-6-8-12/h4-10,17H,3,11H2,1-2H3,(H,18,19)/t15-/m0/s1. The van der Waals surface area contributed by atoms with E-state index >= 15 is 0 Å². The second-order valence-corrected chi connectivity index (χ2v) is 5.69. The van der Waals surface area contributed by atoms with Crippen LogP contribution in [-0.4, -0.2) is 17.4 Å². The van der Waals surface area contributed by atoms with Gasteiger partial charge in [0.15, 0.2) is 0 Å². The number of hydrogen-bond acceptors (Lipinski definition) is 4. The molecule has 20 heavy (non-hydrogen) atoms. The smallest absolute Gasteiger partial charge is 0.238 e. The van der Waals surface area contributed by atoms with Crippen LogP contribution in [-0.2, 0) is 10.3 Å². The summed E-state index contributed by atoms with van der Waals surface area (Å²) in [5, 5.41) is 9.13. The van der Waals surface area contributed by atoms with Gasteiger partial charge >= 0.3 is 0 Å². The molecule has 0 fully saturated rings. The monoisotopic (exact) mass is 289 g/mol. The maximum absolute atomic E-state index is 12.0. The molecule has 1 aromatic heterocycles. The molecule has 0 unspecified atom stereocenters. The molecule has 0 aliphatic heterocycles. The molecular weight excluding hydrogens is 270 g/mol. The molecule has 2 aromatic rings. The highest BCUT2D eigenvalue weighted by Crippen LogP contribution is 2.25. The largest absolute Gasteiger partial charge is 0.325 e. The summed E-state index contributed by atoms with van der Waals surface area (Å²) in [4.78, 5) is 16.3. The van der Waals surface area contributed by atoms with E-state index < -0.39 is 0 Å². The van der Waals surface area contributed by atoms with Crippen LogP contribution in [0.1, 0.15) is 25.3 Å². The van der Waals surface area contributed by atoms with Crippen LogP contribution in [0.25, 0.3) is 0 Å². The topological polar surface area (TPSA) is 54.0 Å². The predicted molar refractivity (Wildman–Crippen MR) is 82.8 cm³/mol. The number of para-hydroxylation sites is 1. The van der Waals surface area contributed by atoms with Crippen LogP contribution in [0.3, 0.4) is 0 Å². The summed E-state index contributed by atoms with van der Waals surface area (Å²) in [6, 6.07) is 9.46. The lowest BCUT2D eigenvalue weighted by Gasteiger charge is -2.27. The molecule has 1 amide bonds. The van der Waals surface area contributed by atoms with E-state index in [9.17, 15) is 4.79 Å². The van der Waals surface area contributed by atoms with E-state index in [0.717, 1.165) is 17.1 Å². The summed E-state index contributed by atoms with van der Waals surface area (Å²) in [6.45, 7) is 4.42. The van der Waals surface area contributed by atoms with Crippen molar-refractivity contribution >= 4 is 22.9 Å². The maximum Gasteiger partial charge on any atom is 0.238 e. The first-order chi connectivity index (χ1) is 9.64. The first-order valence-corrected chi connectivity index (χ1v) is 7.52. The molecule has 2 rings (SSSR count). The zero-order valence-electron chi connectivity index (χ0n) is 11.7. The van der Waals surface area contributed by atoms with E-state index in [1.165, 1.54) is 0 Å². The van der Waals surface area contributed by atoms with Crippen molar-refractivity contribution in [2.24, 2.45) is 0 Å². The third-order valence-corrected chi connectivity index (χ3v) is 4.35. The Morgan fingerprint density at radius 1 is 1.35 bits per heavy atom. The lowest BCUT2D eigenvalue weighted by molar-refractivity contribution is -0.115. The third kappa shape index (κ3) is 3.65. The number of carbonyl (C=O) groups excluding carboxylic acids is 1. The van der Waals surface area contributed by atoms with E-state index in [1.54, 1.807) is 17.5 Å². The van der Waals surface area contributed by atoms with E-state index in [4.69, 9.17) is 0 Å². The first kappa shape index (κ1) is 14.7. The van der Waals surface area contributed by atoms with Crippen molar-refractivity contribution < 1.29 is 4.79 Å². The number of aromatic nitrogens is 1. The normalized spacial score (nSPS) is 13.7. The minimum absolute atomic E-state index is 0.0487. The maximum atomic E-state index is 12.0. The molecule has 0 radical (unpaired) electrons. The quantitative estimate of drug-likeness (QED) is 0.859. The lowest BCUT2D eigenvalue weighted by Crippen LogP contribution is -2.43. The molecule has 0 spiro atoms. The van der Waals surface area contributed by atoms with Gasteiger partial charge < -0.3 is 5.32 Å². The number of amides is 1. The van der Waals surface area contributed by atoms with Crippen molar-refractivity contribution in [3.05, 3.63) is 46.9 Å². The van der Waals surface area contributed by atoms with Crippen molar-refractivity contribution in [2.75, 3.05) is 11.9 Å². The molecule has 0 aliphatic rings. The molecule has 5 heteroatoms. The summed E-state index contributed by atoms with van der Waals surface area (Å²) in [7, 11) is 0. The lowest BCUT2D eigenvalue weighted by atomic mass is 10.00. The van der Waals surface area contributed by atoms with Crippen molar-refractivity contribution in [3.63, 3.8) is 0 Å². The molecule has 1 atom stereocenters. The highest BCUT2D eigenvalue weighted by molar-refractivity contribution is 7.09. The van der Waals surface area contributed by atoms with Gasteiger partial charge in [-0.25, -0.2) is 4.98 Å². The van der Waals surface area contributed by atoms with E-state index in [1.807, 2.05) is 35.7 Å². The molecule has 0 aliphatic carbocycles. The highest BCUT2D eigenvalue weighted by Gasteiger charge is 2.27. The third-order valence-electron chi connectivity index (χ3n) is 3.31. The summed E-state index contributed by atoms with van der Waals surface area (Å²) in [5.74, 6) is -0.0487. The second-order valence-electron chi connectivity index (χ2n) is 4.79. The number of carbonyl (C=O) groups is 1. The highest BCUT2D eigenvalue weighted by atomic mass is 32.1.